The molecule has 0 atom stereocenters. The molecule has 0 unspecified atom stereocenters. The first kappa shape index (κ1) is 16.7. The van der Waals surface area contributed by atoms with Gasteiger partial charge in [-0.1, -0.05) is 29.3 Å². The van der Waals surface area contributed by atoms with Gasteiger partial charge in [0.1, 0.15) is 5.75 Å². The van der Waals surface area contributed by atoms with E-state index in [1.165, 1.54) is 0 Å². The van der Waals surface area contributed by atoms with Crippen LogP contribution in [0.4, 0.5) is 5.69 Å². The van der Waals surface area contributed by atoms with Crippen LogP contribution in [0.5, 0.6) is 5.75 Å². The molecule has 0 saturated carbocycles. The average molecular weight is 338 g/mol. The van der Waals surface area contributed by atoms with Crippen LogP contribution in [0.1, 0.15) is 16.7 Å². The zero-order valence-corrected chi connectivity index (χ0v) is 14.2. The summed E-state index contributed by atoms with van der Waals surface area (Å²) >= 11 is 12.0. The van der Waals surface area contributed by atoms with Gasteiger partial charge >= 0.3 is 0 Å². The Hall–Kier alpha value is -1.71. The quantitative estimate of drug-likeness (QED) is 0.858. The molecule has 0 heterocycles. The van der Waals surface area contributed by atoms with Crippen LogP contribution >= 0.6 is 23.2 Å². The minimum atomic E-state index is -0.242. The Kier molecular flexibility index (Phi) is 5.33. The van der Waals surface area contributed by atoms with E-state index in [0.29, 0.717) is 21.5 Å². The summed E-state index contributed by atoms with van der Waals surface area (Å²) in [7, 11) is 0. The van der Waals surface area contributed by atoms with E-state index in [-0.39, 0.29) is 12.5 Å². The van der Waals surface area contributed by atoms with Crippen LogP contribution in [-0.4, -0.2) is 12.5 Å². The van der Waals surface area contributed by atoms with Crippen molar-refractivity contribution >= 4 is 34.8 Å². The average Bonchev–Trinajstić information content (AvgIpc) is 2.41. The third kappa shape index (κ3) is 4.15. The van der Waals surface area contributed by atoms with E-state index in [0.717, 1.165) is 16.7 Å². The molecule has 0 spiro atoms. The van der Waals surface area contributed by atoms with Gasteiger partial charge in [-0.3, -0.25) is 4.79 Å². The molecule has 2 rings (SSSR count). The zero-order valence-electron chi connectivity index (χ0n) is 12.7. The molecule has 2 aromatic carbocycles. The van der Waals surface area contributed by atoms with E-state index in [1.807, 2.05) is 39.0 Å². The van der Waals surface area contributed by atoms with Crippen LogP contribution in [0, 0.1) is 20.8 Å². The van der Waals surface area contributed by atoms with Crippen LogP contribution in [0.2, 0.25) is 10.0 Å². The summed E-state index contributed by atoms with van der Waals surface area (Å²) in [5, 5.41) is 4.02. The van der Waals surface area contributed by atoms with Gasteiger partial charge in [-0.25, -0.2) is 0 Å². The van der Waals surface area contributed by atoms with Crippen molar-refractivity contribution in [1.29, 1.82) is 0 Å². The molecular formula is C17H17Cl2NO2. The highest BCUT2D eigenvalue weighted by Crippen LogP contribution is 2.27. The fourth-order valence-electron chi connectivity index (χ4n) is 2.13. The number of amides is 1. The molecule has 22 heavy (non-hydrogen) atoms. The first-order chi connectivity index (χ1) is 10.4. The van der Waals surface area contributed by atoms with Gasteiger partial charge < -0.3 is 10.1 Å². The maximum absolute atomic E-state index is 12.0. The number of ether oxygens (including phenoxy) is 1. The van der Waals surface area contributed by atoms with Gasteiger partial charge in [0.15, 0.2) is 6.61 Å². The lowest BCUT2D eigenvalue weighted by atomic mass is 10.1. The molecule has 1 amide bonds. The maximum Gasteiger partial charge on any atom is 0.262 e. The largest absolute Gasteiger partial charge is 0.483 e. The van der Waals surface area contributed by atoms with Crippen molar-refractivity contribution in [2.24, 2.45) is 0 Å². The Balaban J connectivity index is 2.00. The van der Waals surface area contributed by atoms with Crippen LogP contribution < -0.4 is 10.1 Å². The van der Waals surface area contributed by atoms with E-state index < -0.39 is 0 Å². The SMILES string of the molecule is Cc1ccc(NC(=O)COc2c(C)cc(Cl)cc2C)cc1Cl. The number of hydrogen-bond donors (Lipinski definition) is 1. The molecule has 2 aromatic rings. The highest BCUT2D eigenvalue weighted by atomic mass is 35.5. The van der Waals surface area contributed by atoms with Gasteiger partial charge in [-0.15, -0.1) is 0 Å². The summed E-state index contributed by atoms with van der Waals surface area (Å²) in [6.45, 7) is 5.62. The van der Waals surface area contributed by atoms with Gasteiger partial charge in [0.25, 0.3) is 5.91 Å². The standard InChI is InChI=1S/C17H17Cl2NO2/c1-10-4-5-14(8-15(10)19)20-16(21)9-22-17-11(2)6-13(18)7-12(17)3/h4-8H,9H2,1-3H3,(H,20,21). The third-order valence-corrected chi connectivity index (χ3v) is 3.85. The lowest BCUT2D eigenvalue weighted by molar-refractivity contribution is -0.118. The van der Waals surface area contributed by atoms with Crippen molar-refractivity contribution in [3.63, 3.8) is 0 Å². The smallest absolute Gasteiger partial charge is 0.262 e. The number of anilines is 1. The van der Waals surface area contributed by atoms with Crippen molar-refractivity contribution < 1.29 is 9.53 Å². The molecule has 0 aliphatic carbocycles. The monoisotopic (exact) mass is 337 g/mol. The number of hydrogen-bond acceptors (Lipinski definition) is 2. The number of carbonyl (C=O) groups is 1. The maximum atomic E-state index is 12.0. The van der Waals surface area contributed by atoms with Gasteiger partial charge in [0.05, 0.1) is 0 Å². The summed E-state index contributed by atoms with van der Waals surface area (Å²) in [6, 6.07) is 8.99. The van der Waals surface area contributed by atoms with Gasteiger partial charge in [-0.05, 0) is 61.7 Å². The molecule has 0 aliphatic heterocycles. The van der Waals surface area contributed by atoms with Crippen molar-refractivity contribution in [1.82, 2.24) is 0 Å². The Morgan fingerprint density at radius 1 is 1.05 bits per heavy atom. The Bertz CT molecular complexity index is 691. The molecular weight excluding hydrogens is 321 g/mol. The second kappa shape index (κ2) is 7.03. The number of halogens is 2. The first-order valence-corrected chi connectivity index (χ1v) is 7.58. The highest BCUT2D eigenvalue weighted by Gasteiger charge is 2.09. The fourth-order valence-corrected chi connectivity index (χ4v) is 2.64. The number of aryl methyl sites for hydroxylation is 3. The predicted octanol–water partition coefficient (Wildman–Crippen LogP) is 4.94. The third-order valence-electron chi connectivity index (χ3n) is 3.23. The van der Waals surface area contributed by atoms with Crippen molar-refractivity contribution in [3.05, 3.63) is 57.1 Å². The highest BCUT2D eigenvalue weighted by molar-refractivity contribution is 6.31. The normalized spacial score (nSPS) is 10.4. The number of carbonyl (C=O) groups excluding carboxylic acids is 1. The van der Waals surface area contributed by atoms with Gasteiger partial charge in [0, 0.05) is 15.7 Å². The van der Waals surface area contributed by atoms with Crippen molar-refractivity contribution in [2.75, 3.05) is 11.9 Å². The second-order valence-corrected chi connectivity index (χ2v) is 6.01. The Morgan fingerprint density at radius 2 is 1.68 bits per heavy atom. The van der Waals surface area contributed by atoms with Crippen LogP contribution in [0.3, 0.4) is 0 Å². The number of nitrogens with one attached hydrogen (secondary N) is 1. The summed E-state index contributed by atoms with van der Waals surface area (Å²) < 4.78 is 5.61. The molecule has 0 aromatic heterocycles. The zero-order chi connectivity index (χ0) is 16.3. The summed E-state index contributed by atoms with van der Waals surface area (Å²) in [4.78, 5) is 12.0. The van der Waals surface area contributed by atoms with Gasteiger partial charge in [0.2, 0.25) is 0 Å². The number of rotatable bonds is 4. The Labute approximate surface area is 140 Å². The lowest BCUT2D eigenvalue weighted by Gasteiger charge is -2.13. The summed E-state index contributed by atoms with van der Waals surface area (Å²) in [5.41, 5.74) is 3.41. The van der Waals surface area contributed by atoms with Crippen molar-refractivity contribution in [2.45, 2.75) is 20.8 Å². The number of benzene rings is 2. The van der Waals surface area contributed by atoms with E-state index >= 15 is 0 Å². The van der Waals surface area contributed by atoms with E-state index in [2.05, 4.69) is 5.32 Å². The molecule has 3 nitrogen and oxygen atoms in total. The summed E-state index contributed by atoms with van der Waals surface area (Å²) in [5.74, 6) is 0.440. The van der Waals surface area contributed by atoms with Crippen LogP contribution in [-0.2, 0) is 4.79 Å². The molecule has 0 aliphatic rings. The van der Waals surface area contributed by atoms with E-state index in [1.54, 1.807) is 12.1 Å². The minimum absolute atomic E-state index is 0.0746. The van der Waals surface area contributed by atoms with Gasteiger partial charge in [-0.2, -0.15) is 0 Å². The van der Waals surface area contributed by atoms with Crippen LogP contribution in [0.25, 0.3) is 0 Å². The molecule has 1 N–H and O–H groups in total. The molecule has 0 saturated heterocycles. The van der Waals surface area contributed by atoms with E-state index in [4.69, 9.17) is 27.9 Å². The lowest BCUT2D eigenvalue weighted by Crippen LogP contribution is -2.20. The summed E-state index contributed by atoms with van der Waals surface area (Å²) in [6.07, 6.45) is 0. The second-order valence-electron chi connectivity index (χ2n) is 5.17. The molecule has 0 radical (unpaired) electrons. The molecule has 116 valence electrons. The van der Waals surface area contributed by atoms with Crippen LogP contribution in [0.15, 0.2) is 30.3 Å². The minimum Gasteiger partial charge on any atom is -0.483 e. The first-order valence-electron chi connectivity index (χ1n) is 6.82. The predicted molar refractivity (Wildman–Crippen MR) is 91.2 cm³/mol. The fraction of sp³-hybridized carbons (Fsp3) is 0.235. The van der Waals surface area contributed by atoms with Crippen molar-refractivity contribution in [3.8, 4) is 5.75 Å². The topological polar surface area (TPSA) is 38.3 Å². The molecule has 0 fully saturated rings. The Morgan fingerprint density at radius 3 is 2.27 bits per heavy atom. The van der Waals surface area contributed by atoms with E-state index in [9.17, 15) is 4.79 Å². The molecule has 5 heteroatoms. The molecule has 0 bridgehead atoms.